The molecule has 2 aromatic rings. The summed E-state index contributed by atoms with van der Waals surface area (Å²) in [6, 6.07) is 15.9. The van der Waals surface area contributed by atoms with Crippen LogP contribution in [0.1, 0.15) is 47.1 Å². The highest BCUT2D eigenvalue weighted by Crippen LogP contribution is 2.40. The fourth-order valence-electron chi connectivity index (χ4n) is 3.87. The van der Waals surface area contributed by atoms with E-state index >= 15 is 0 Å². The summed E-state index contributed by atoms with van der Waals surface area (Å²) >= 11 is 0. The van der Waals surface area contributed by atoms with Gasteiger partial charge in [-0.3, -0.25) is 0 Å². The minimum Gasteiger partial charge on any atom is -0.125 e. The Balaban J connectivity index is 2.58. The first-order chi connectivity index (χ1) is 10.4. The van der Waals surface area contributed by atoms with Crippen LogP contribution in [0.4, 0.5) is 0 Å². The fraction of sp³-hybridized carbons (Fsp3) is 0.429. The van der Waals surface area contributed by atoms with Gasteiger partial charge in [-0.2, -0.15) is 0 Å². The second-order valence-electron chi connectivity index (χ2n) is 7.09. The van der Waals surface area contributed by atoms with E-state index < -0.39 is 8.07 Å². The average Bonchev–Trinajstić information content (AvgIpc) is 2.47. The Morgan fingerprint density at radius 1 is 0.864 bits per heavy atom. The van der Waals surface area contributed by atoms with Crippen molar-refractivity contribution in [3.63, 3.8) is 0 Å². The Morgan fingerprint density at radius 3 is 2.05 bits per heavy atom. The lowest BCUT2D eigenvalue weighted by atomic mass is 10.1. The third-order valence-electron chi connectivity index (χ3n) is 4.98. The van der Waals surface area contributed by atoms with Gasteiger partial charge in [-0.1, -0.05) is 77.8 Å². The SMILES string of the molecule is CC(C)[Si](C#Cc1cccc2ccc[c]c12)(C(C)C)C(C)C. The van der Waals surface area contributed by atoms with Crippen LogP contribution < -0.4 is 0 Å². The highest BCUT2D eigenvalue weighted by Gasteiger charge is 2.41. The van der Waals surface area contributed by atoms with Gasteiger partial charge in [-0.15, -0.1) is 5.54 Å². The number of benzene rings is 2. The van der Waals surface area contributed by atoms with Crippen molar-refractivity contribution in [1.29, 1.82) is 0 Å². The molecule has 0 atom stereocenters. The van der Waals surface area contributed by atoms with Gasteiger partial charge < -0.3 is 0 Å². The Labute approximate surface area is 137 Å². The molecule has 0 bridgehead atoms. The third kappa shape index (κ3) is 2.99. The molecule has 22 heavy (non-hydrogen) atoms. The zero-order valence-corrected chi connectivity index (χ0v) is 15.7. The maximum absolute atomic E-state index is 3.81. The van der Waals surface area contributed by atoms with Crippen LogP contribution in [-0.2, 0) is 0 Å². The van der Waals surface area contributed by atoms with Crippen LogP contribution in [0.5, 0.6) is 0 Å². The molecule has 1 radical (unpaired) electrons. The molecule has 0 heterocycles. The quantitative estimate of drug-likeness (QED) is 0.467. The van der Waals surface area contributed by atoms with E-state index in [0.29, 0.717) is 16.6 Å². The molecule has 0 aliphatic rings. The minimum absolute atomic E-state index is 0.666. The molecule has 2 rings (SSSR count). The summed E-state index contributed by atoms with van der Waals surface area (Å²) in [6.07, 6.45) is 0. The van der Waals surface area contributed by atoms with E-state index in [1.807, 2.05) is 12.1 Å². The van der Waals surface area contributed by atoms with Crippen LogP contribution in [0.2, 0.25) is 16.6 Å². The summed E-state index contributed by atoms with van der Waals surface area (Å²) in [6.45, 7) is 14.1. The van der Waals surface area contributed by atoms with Crippen LogP contribution in [-0.4, -0.2) is 8.07 Å². The molecule has 0 nitrogen and oxygen atoms in total. The number of fused-ring (bicyclic) bond motifs is 1. The van der Waals surface area contributed by atoms with Gasteiger partial charge in [0.1, 0.15) is 8.07 Å². The number of hydrogen-bond acceptors (Lipinski definition) is 0. The lowest BCUT2D eigenvalue weighted by Crippen LogP contribution is -2.43. The lowest BCUT2D eigenvalue weighted by Gasteiger charge is -2.38. The second kappa shape index (κ2) is 6.71. The zero-order valence-electron chi connectivity index (χ0n) is 14.7. The van der Waals surface area contributed by atoms with Gasteiger partial charge in [0.15, 0.2) is 0 Å². The van der Waals surface area contributed by atoms with Crippen molar-refractivity contribution in [3.05, 3.63) is 48.0 Å². The van der Waals surface area contributed by atoms with E-state index in [2.05, 4.69) is 83.3 Å². The normalized spacial score (nSPS) is 12.0. The summed E-state index contributed by atoms with van der Waals surface area (Å²) in [4.78, 5) is 0. The van der Waals surface area contributed by atoms with Crippen LogP contribution in [0.3, 0.4) is 0 Å². The van der Waals surface area contributed by atoms with Crippen molar-refractivity contribution in [3.8, 4) is 11.5 Å². The van der Waals surface area contributed by atoms with Crippen molar-refractivity contribution >= 4 is 18.8 Å². The highest BCUT2D eigenvalue weighted by molar-refractivity contribution is 6.90. The van der Waals surface area contributed by atoms with Crippen LogP contribution in [0, 0.1) is 17.5 Å². The van der Waals surface area contributed by atoms with E-state index in [1.54, 1.807) is 0 Å². The predicted molar refractivity (Wildman–Crippen MR) is 101 cm³/mol. The average molecular weight is 308 g/mol. The molecule has 1 heteroatoms. The van der Waals surface area contributed by atoms with E-state index in [-0.39, 0.29) is 0 Å². The van der Waals surface area contributed by atoms with Crippen molar-refractivity contribution in [1.82, 2.24) is 0 Å². The second-order valence-corrected chi connectivity index (χ2v) is 12.7. The van der Waals surface area contributed by atoms with Crippen molar-refractivity contribution in [2.24, 2.45) is 0 Å². The Hall–Kier alpha value is -1.52. The number of rotatable bonds is 3. The maximum atomic E-state index is 3.81. The Bertz CT molecular complexity index is 671. The number of hydrogen-bond donors (Lipinski definition) is 0. The molecule has 0 aliphatic carbocycles. The molecule has 2 aromatic carbocycles. The van der Waals surface area contributed by atoms with E-state index in [4.69, 9.17) is 0 Å². The summed E-state index contributed by atoms with van der Waals surface area (Å²) in [5.74, 6) is 3.55. The fourth-order valence-corrected chi connectivity index (χ4v) is 9.08. The highest BCUT2D eigenvalue weighted by atomic mass is 28.3. The first-order valence-corrected chi connectivity index (χ1v) is 10.6. The van der Waals surface area contributed by atoms with Crippen molar-refractivity contribution in [2.75, 3.05) is 0 Å². The summed E-state index contributed by atoms with van der Waals surface area (Å²) in [5.41, 5.74) is 6.93. The van der Waals surface area contributed by atoms with Crippen LogP contribution in [0.25, 0.3) is 10.8 Å². The van der Waals surface area contributed by atoms with Crippen molar-refractivity contribution in [2.45, 2.75) is 58.2 Å². The molecule has 0 N–H and O–H groups in total. The van der Waals surface area contributed by atoms with Gasteiger partial charge in [0.2, 0.25) is 0 Å². The lowest BCUT2D eigenvalue weighted by molar-refractivity contribution is 0.838. The first kappa shape index (κ1) is 16.8. The van der Waals surface area contributed by atoms with Gasteiger partial charge in [0.05, 0.1) is 0 Å². The van der Waals surface area contributed by atoms with Gasteiger partial charge in [0, 0.05) is 10.9 Å². The summed E-state index contributed by atoms with van der Waals surface area (Å²) in [7, 11) is -1.67. The van der Waals surface area contributed by atoms with E-state index in [9.17, 15) is 0 Å². The largest absolute Gasteiger partial charge is 0.146 e. The van der Waals surface area contributed by atoms with Gasteiger partial charge in [-0.05, 0) is 34.1 Å². The summed E-state index contributed by atoms with van der Waals surface area (Å²) in [5, 5.41) is 2.37. The molecular formula is C21H27Si. The first-order valence-electron chi connectivity index (χ1n) is 8.32. The molecule has 0 saturated carbocycles. The van der Waals surface area contributed by atoms with Gasteiger partial charge in [0.25, 0.3) is 0 Å². The van der Waals surface area contributed by atoms with Crippen molar-refractivity contribution < 1.29 is 0 Å². The standard InChI is InChI=1S/C21H27Si/c1-16(2)22(17(3)4,18(5)6)15-14-20-12-9-11-19-10-7-8-13-21(19)20/h7-12,16-18H,1-6H3. The van der Waals surface area contributed by atoms with E-state index in [1.165, 1.54) is 5.39 Å². The zero-order chi connectivity index (χ0) is 16.3. The maximum Gasteiger partial charge on any atom is 0.146 e. The summed E-state index contributed by atoms with van der Waals surface area (Å²) < 4.78 is 0. The molecule has 0 unspecified atom stereocenters. The van der Waals surface area contributed by atoms with Crippen LogP contribution in [0.15, 0.2) is 36.4 Å². The van der Waals surface area contributed by atoms with Crippen LogP contribution >= 0.6 is 0 Å². The Kier molecular flexibility index (Phi) is 5.14. The topological polar surface area (TPSA) is 0 Å². The molecular weight excluding hydrogens is 280 g/mol. The van der Waals surface area contributed by atoms with Gasteiger partial charge in [-0.25, -0.2) is 0 Å². The minimum atomic E-state index is -1.67. The van der Waals surface area contributed by atoms with Gasteiger partial charge >= 0.3 is 0 Å². The molecule has 0 fully saturated rings. The predicted octanol–water partition coefficient (Wildman–Crippen LogP) is 6.21. The Morgan fingerprint density at radius 2 is 1.45 bits per heavy atom. The third-order valence-corrected chi connectivity index (χ3v) is 11.3. The monoisotopic (exact) mass is 307 g/mol. The molecule has 0 spiro atoms. The smallest absolute Gasteiger partial charge is 0.125 e. The molecule has 0 aliphatic heterocycles. The molecule has 0 saturated heterocycles. The molecule has 0 aromatic heterocycles. The van der Waals surface area contributed by atoms with E-state index in [0.717, 1.165) is 10.9 Å². The molecule has 115 valence electrons. The molecule has 0 amide bonds.